The van der Waals surface area contributed by atoms with Crippen LogP contribution in [0.2, 0.25) is 0 Å². The fourth-order valence-electron chi connectivity index (χ4n) is 2.34. The maximum absolute atomic E-state index is 12.5. The Bertz CT molecular complexity index is 775. The Morgan fingerprint density at radius 2 is 1.92 bits per heavy atom. The first-order valence-electron chi connectivity index (χ1n) is 7.56. The van der Waals surface area contributed by atoms with Gasteiger partial charge < -0.3 is 19.5 Å². The van der Waals surface area contributed by atoms with Crippen LogP contribution in [0.4, 0.5) is 4.79 Å². The zero-order valence-corrected chi connectivity index (χ0v) is 14.1. The lowest BCUT2D eigenvalue weighted by atomic mass is 9.86. The molecule has 1 heterocycles. The summed E-state index contributed by atoms with van der Waals surface area (Å²) in [4.78, 5) is 24.5. The number of benzene rings is 1. The van der Waals surface area contributed by atoms with Crippen LogP contribution in [0.5, 0.6) is 0 Å². The predicted octanol–water partition coefficient (Wildman–Crippen LogP) is 1.28. The van der Waals surface area contributed by atoms with Crippen LogP contribution in [0.15, 0.2) is 24.3 Å². The van der Waals surface area contributed by atoms with Gasteiger partial charge in [-0.05, 0) is 45.9 Å². The van der Waals surface area contributed by atoms with E-state index in [1.807, 2.05) is 0 Å². The molecule has 0 unspecified atom stereocenters. The average molecular weight is 333 g/mol. The minimum atomic E-state index is -1.90. The lowest BCUT2D eigenvalue weighted by Gasteiger charge is -2.21. The van der Waals surface area contributed by atoms with Crippen molar-refractivity contribution >= 4 is 35.7 Å². The van der Waals surface area contributed by atoms with Gasteiger partial charge in [0.1, 0.15) is 5.60 Å². The first-order valence-corrected chi connectivity index (χ1v) is 7.56. The van der Waals surface area contributed by atoms with Crippen molar-refractivity contribution in [3.8, 4) is 0 Å². The van der Waals surface area contributed by atoms with Crippen molar-refractivity contribution in [3.63, 3.8) is 0 Å². The summed E-state index contributed by atoms with van der Waals surface area (Å²) < 4.78 is 11.4. The van der Waals surface area contributed by atoms with Gasteiger partial charge in [0, 0.05) is 5.39 Å². The molecule has 0 saturated carbocycles. The molecule has 0 saturated heterocycles. The summed E-state index contributed by atoms with van der Waals surface area (Å²) in [5, 5.41) is 19.6. The van der Waals surface area contributed by atoms with Crippen molar-refractivity contribution in [2.75, 3.05) is 6.61 Å². The van der Waals surface area contributed by atoms with Crippen LogP contribution in [0.25, 0.3) is 10.9 Å². The van der Waals surface area contributed by atoms with Crippen LogP contribution in [0.1, 0.15) is 38.1 Å². The van der Waals surface area contributed by atoms with Gasteiger partial charge >= 0.3 is 19.2 Å². The number of esters is 1. The molecule has 0 aliphatic heterocycles. The molecule has 128 valence electrons. The number of rotatable bonds is 3. The highest BCUT2D eigenvalue weighted by molar-refractivity contribution is 6.59. The molecule has 2 N–H and O–H groups in total. The minimum Gasteiger partial charge on any atom is -0.462 e. The third-order valence-electron chi connectivity index (χ3n) is 3.21. The summed E-state index contributed by atoms with van der Waals surface area (Å²) in [5.41, 5.74) is -0.281. The van der Waals surface area contributed by atoms with Gasteiger partial charge in [0.15, 0.2) is 0 Å². The van der Waals surface area contributed by atoms with Crippen molar-refractivity contribution in [2.45, 2.75) is 33.3 Å². The molecule has 8 heteroatoms. The van der Waals surface area contributed by atoms with Gasteiger partial charge in [-0.25, -0.2) is 9.59 Å². The molecule has 0 amide bonds. The molecule has 2 rings (SSSR count). The Labute approximate surface area is 139 Å². The summed E-state index contributed by atoms with van der Waals surface area (Å²) in [6.07, 6.45) is -0.762. The quantitative estimate of drug-likeness (QED) is 0.649. The van der Waals surface area contributed by atoms with E-state index in [0.717, 1.165) is 4.57 Å². The Balaban J connectivity index is 2.65. The summed E-state index contributed by atoms with van der Waals surface area (Å²) >= 11 is 0. The van der Waals surface area contributed by atoms with E-state index < -0.39 is 24.8 Å². The lowest BCUT2D eigenvalue weighted by molar-refractivity contribution is 0.0522. The molecule has 2 aromatic rings. The number of carbonyl (C=O) groups excluding carboxylic acids is 2. The monoisotopic (exact) mass is 333 g/mol. The fraction of sp³-hybridized carbons (Fsp3) is 0.375. The molecular formula is C16H20BNO6. The Kier molecular flexibility index (Phi) is 5.01. The van der Waals surface area contributed by atoms with Crippen molar-refractivity contribution in [3.05, 3.63) is 29.8 Å². The van der Waals surface area contributed by atoms with Crippen molar-refractivity contribution in [2.24, 2.45) is 0 Å². The second-order valence-corrected chi connectivity index (χ2v) is 6.22. The Morgan fingerprint density at radius 1 is 1.25 bits per heavy atom. The highest BCUT2D eigenvalue weighted by Crippen LogP contribution is 2.22. The summed E-state index contributed by atoms with van der Waals surface area (Å²) in [7, 11) is -1.90. The van der Waals surface area contributed by atoms with E-state index in [0.29, 0.717) is 10.9 Å². The molecule has 0 radical (unpaired) electrons. The van der Waals surface area contributed by atoms with E-state index in [-0.39, 0.29) is 17.8 Å². The zero-order chi connectivity index (χ0) is 18.1. The van der Waals surface area contributed by atoms with Gasteiger partial charge in [-0.3, -0.25) is 4.57 Å². The third-order valence-corrected chi connectivity index (χ3v) is 3.21. The van der Waals surface area contributed by atoms with Crippen LogP contribution in [0, 0.1) is 0 Å². The molecule has 1 aromatic heterocycles. The molecule has 0 aliphatic rings. The van der Waals surface area contributed by atoms with Crippen LogP contribution in [-0.4, -0.2) is 46.0 Å². The Hall–Kier alpha value is -2.32. The summed E-state index contributed by atoms with van der Waals surface area (Å²) in [6, 6.07) is 6.10. The summed E-state index contributed by atoms with van der Waals surface area (Å²) in [6.45, 7) is 7.01. The van der Waals surface area contributed by atoms with Gasteiger partial charge in [0.25, 0.3) is 0 Å². The van der Waals surface area contributed by atoms with Crippen molar-refractivity contribution in [1.82, 2.24) is 4.57 Å². The molecule has 0 fully saturated rings. The number of carbonyl (C=O) groups is 2. The number of hydrogen-bond acceptors (Lipinski definition) is 6. The standard InChI is InChI=1S/C16H20BNO6/c1-5-23-14(19)10-7-6-8-12-11(10)9-13(17(21)22)18(12)15(20)24-16(2,3)4/h6-9,21-22H,5H2,1-4H3. The second-order valence-electron chi connectivity index (χ2n) is 6.22. The van der Waals surface area contributed by atoms with Gasteiger partial charge in [-0.15, -0.1) is 0 Å². The second kappa shape index (κ2) is 6.66. The van der Waals surface area contributed by atoms with Gasteiger partial charge in [0.2, 0.25) is 0 Å². The minimum absolute atomic E-state index is 0.0870. The van der Waals surface area contributed by atoms with E-state index >= 15 is 0 Å². The van der Waals surface area contributed by atoms with Gasteiger partial charge in [-0.2, -0.15) is 0 Å². The summed E-state index contributed by atoms with van der Waals surface area (Å²) in [5.74, 6) is -0.552. The van der Waals surface area contributed by atoms with Gasteiger partial charge in [-0.1, -0.05) is 6.07 Å². The van der Waals surface area contributed by atoms with Crippen LogP contribution in [0.3, 0.4) is 0 Å². The molecule has 7 nitrogen and oxygen atoms in total. The molecule has 0 atom stereocenters. The maximum Gasteiger partial charge on any atom is 0.506 e. The third kappa shape index (κ3) is 3.60. The average Bonchev–Trinajstić information content (AvgIpc) is 2.85. The number of nitrogens with zero attached hydrogens (tertiary/aromatic N) is 1. The van der Waals surface area contributed by atoms with Crippen molar-refractivity contribution in [1.29, 1.82) is 0 Å². The molecular weight excluding hydrogens is 313 g/mol. The van der Waals surface area contributed by atoms with E-state index in [1.54, 1.807) is 45.9 Å². The van der Waals surface area contributed by atoms with E-state index in [4.69, 9.17) is 9.47 Å². The van der Waals surface area contributed by atoms with Crippen molar-refractivity contribution < 1.29 is 29.1 Å². The first kappa shape index (κ1) is 18.0. The highest BCUT2D eigenvalue weighted by atomic mass is 16.6. The van der Waals surface area contributed by atoms with E-state index in [1.165, 1.54) is 6.07 Å². The molecule has 0 bridgehead atoms. The smallest absolute Gasteiger partial charge is 0.462 e. The lowest BCUT2D eigenvalue weighted by Crippen LogP contribution is -2.40. The molecule has 0 aliphatic carbocycles. The topological polar surface area (TPSA) is 98.0 Å². The van der Waals surface area contributed by atoms with E-state index in [2.05, 4.69) is 0 Å². The maximum atomic E-state index is 12.5. The van der Waals surface area contributed by atoms with Crippen LogP contribution in [-0.2, 0) is 9.47 Å². The SMILES string of the molecule is CCOC(=O)c1cccc2c1cc(B(O)O)n2C(=O)OC(C)(C)C. The Morgan fingerprint density at radius 3 is 2.46 bits per heavy atom. The zero-order valence-electron chi connectivity index (χ0n) is 14.1. The normalized spacial score (nSPS) is 11.4. The number of hydrogen-bond donors (Lipinski definition) is 2. The molecule has 1 aromatic carbocycles. The highest BCUT2D eigenvalue weighted by Gasteiger charge is 2.28. The van der Waals surface area contributed by atoms with Gasteiger partial charge in [0.05, 0.1) is 23.3 Å². The van der Waals surface area contributed by atoms with Crippen LogP contribution >= 0.6 is 0 Å². The number of ether oxygens (including phenoxy) is 2. The number of fused-ring (bicyclic) bond motifs is 1. The largest absolute Gasteiger partial charge is 0.506 e. The van der Waals surface area contributed by atoms with E-state index in [9.17, 15) is 19.6 Å². The van der Waals surface area contributed by atoms with Crippen LogP contribution < -0.4 is 5.59 Å². The molecule has 0 spiro atoms. The first-order chi connectivity index (χ1) is 11.2. The fourth-order valence-corrected chi connectivity index (χ4v) is 2.34. The number of aromatic nitrogens is 1. The molecule has 24 heavy (non-hydrogen) atoms. The predicted molar refractivity (Wildman–Crippen MR) is 89.4 cm³/mol.